The molecular weight excluding hydrogens is 278 g/mol. The van der Waals surface area contributed by atoms with Crippen molar-refractivity contribution in [3.8, 4) is 11.5 Å². The summed E-state index contributed by atoms with van der Waals surface area (Å²) in [4.78, 5) is 19.1. The second-order valence-corrected chi connectivity index (χ2v) is 5.86. The number of para-hydroxylation sites is 1. The van der Waals surface area contributed by atoms with Crippen molar-refractivity contribution < 1.29 is 9.21 Å². The van der Waals surface area contributed by atoms with Crippen LogP contribution in [0.2, 0.25) is 0 Å². The van der Waals surface area contributed by atoms with Gasteiger partial charge >= 0.3 is 0 Å². The molecule has 1 aromatic heterocycles. The number of hydrogen-bond donors (Lipinski definition) is 1. The van der Waals surface area contributed by atoms with Crippen LogP contribution in [0.25, 0.3) is 11.5 Å². The highest BCUT2D eigenvalue weighted by molar-refractivity contribution is 5.98. The smallest absolute Gasteiger partial charge is 0.241 e. The first kappa shape index (κ1) is 14.8. The lowest BCUT2D eigenvalue weighted by molar-refractivity contribution is -0.120. The van der Waals surface area contributed by atoms with Crippen molar-refractivity contribution in [2.45, 2.75) is 38.8 Å². The monoisotopic (exact) mass is 299 g/mol. The average Bonchev–Trinajstić information content (AvgIpc) is 3.19. The molecule has 1 aliphatic rings. The molecule has 1 aromatic carbocycles. The van der Waals surface area contributed by atoms with E-state index < -0.39 is 0 Å². The molecule has 0 bridgehead atoms. The second kappa shape index (κ2) is 6.32. The summed E-state index contributed by atoms with van der Waals surface area (Å²) in [7, 11) is 0. The number of nitrogens with zero attached hydrogens (tertiary/aromatic N) is 2. The molecule has 5 heteroatoms. The normalized spacial score (nSPS) is 18.8. The van der Waals surface area contributed by atoms with Crippen LogP contribution in [0.1, 0.15) is 26.7 Å². The van der Waals surface area contributed by atoms with E-state index in [-0.39, 0.29) is 11.9 Å². The number of amides is 1. The minimum Gasteiger partial charge on any atom is -0.444 e. The number of carbonyl (C=O) groups excluding carboxylic acids is 1. The van der Waals surface area contributed by atoms with Gasteiger partial charge in [-0.3, -0.25) is 9.69 Å². The van der Waals surface area contributed by atoms with Gasteiger partial charge in [0.2, 0.25) is 11.8 Å². The van der Waals surface area contributed by atoms with Gasteiger partial charge in [-0.2, -0.15) is 0 Å². The van der Waals surface area contributed by atoms with Gasteiger partial charge in [0.05, 0.1) is 23.5 Å². The number of anilines is 1. The van der Waals surface area contributed by atoms with Crippen LogP contribution in [0.5, 0.6) is 0 Å². The van der Waals surface area contributed by atoms with Crippen LogP contribution in [0, 0.1) is 0 Å². The first-order chi connectivity index (χ1) is 10.7. The van der Waals surface area contributed by atoms with E-state index in [1.54, 1.807) is 6.20 Å². The Bertz CT molecular complexity index is 637. The Balaban J connectivity index is 1.80. The third-order valence-electron chi connectivity index (χ3n) is 4.11. The maximum atomic E-state index is 12.6. The van der Waals surface area contributed by atoms with Crippen molar-refractivity contribution in [1.82, 2.24) is 9.88 Å². The first-order valence-corrected chi connectivity index (χ1v) is 7.72. The number of benzene rings is 1. The summed E-state index contributed by atoms with van der Waals surface area (Å²) in [6.45, 7) is 5.25. The second-order valence-electron chi connectivity index (χ2n) is 5.86. The molecule has 5 nitrogen and oxygen atoms in total. The quantitative estimate of drug-likeness (QED) is 0.942. The molecule has 1 saturated heterocycles. The van der Waals surface area contributed by atoms with Gasteiger partial charge in [0, 0.05) is 6.04 Å². The van der Waals surface area contributed by atoms with Crippen molar-refractivity contribution >= 4 is 11.6 Å². The van der Waals surface area contributed by atoms with E-state index in [9.17, 15) is 4.79 Å². The molecule has 0 saturated carbocycles. The predicted octanol–water partition coefficient (Wildman–Crippen LogP) is 3.15. The number of nitrogens with one attached hydrogen (secondary N) is 1. The molecule has 2 heterocycles. The fraction of sp³-hybridized carbons (Fsp3) is 0.412. The molecule has 0 radical (unpaired) electrons. The van der Waals surface area contributed by atoms with Crippen molar-refractivity contribution in [1.29, 1.82) is 0 Å². The van der Waals surface area contributed by atoms with E-state index in [4.69, 9.17) is 4.42 Å². The average molecular weight is 299 g/mol. The number of carbonyl (C=O) groups is 1. The highest BCUT2D eigenvalue weighted by Crippen LogP contribution is 2.28. The number of aromatic nitrogens is 1. The maximum Gasteiger partial charge on any atom is 0.241 e. The number of likely N-dealkylation sites (tertiary alicyclic amines) is 1. The zero-order valence-electron chi connectivity index (χ0n) is 13.0. The molecule has 0 spiro atoms. The van der Waals surface area contributed by atoms with Crippen molar-refractivity contribution in [2.24, 2.45) is 0 Å². The van der Waals surface area contributed by atoms with E-state index in [2.05, 4.69) is 29.0 Å². The third kappa shape index (κ3) is 2.90. The molecule has 3 rings (SSSR count). The topological polar surface area (TPSA) is 58.4 Å². The van der Waals surface area contributed by atoms with E-state index in [0.29, 0.717) is 11.9 Å². The summed E-state index contributed by atoms with van der Waals surface area (Å²) in [5, 5.41) is 3.04. The van der Waals surface area contributed by atoms with Gasteiger partial charge < -0.3 is 9.73 Å². The maximum absolute atomic E-state index is 12.6. The minimum absolute atomic E-state index is 0.0465. The Morgan fingerprint density at radius 1 is 1.41 bits per heavy atom. The van der Waals surface area contributed by atoms with Gasteiger partial charge in [0.1, 0.15) is 6.26 Å². The number of rotatable bonds is 4. The summed E-state index contributed by atoms with van der Waals surface area (Å²) < 4.78 is 5.35. The summed E-state index contributed by atoms with van der Waals surface area (Å²) in [6, 6.07) is 7.91. The van der Waals surface area contributed by atoms with Crippen LogP contribution < -0.4 is 5.32 Å². The highest BCUT2D eigenvalue weighted by Gasteiger charge is 2.32. The summed E-state index contributed by atoms with van der Waals surface area (Å²) in [6.07, 6.45) is 5.11. The van der Waals surface area contributed by atoms with Crippen LogP contribution in [-0.2, 0) is 4.79 Å². The predicted molar refractivity (Wildman–Crippen MR) is 85.4 cm³/mol. The van der Waals surface area contributed by atoms with Crippen molar-refractivity contribution in [3.05, 3.63) is 36.7 Å². The molecule has 0 aliphatic carbocycles. The van der Waals surface area contributed by atoms with Crippen LogP contribution in [-0.4, -0.2) is 34.4 Å². The first-order valence-electron chi connectivity index (χ1n) is 7.72. The zero-order chi connectivity index (χ0) is 15.5. The Morgan fingerprint density at radius 2 is 2.23 bits per heavy atom. The van der Waals surface area contributed by atoms with Gasteiger partial charge in [-0.05, 0) is 45.4 Å². The third-order valence-corrected chi connectivity index (χ3v) is 4.11. The number of hydrogen-bond acceptors (Lipinski definition) is 4. The molecular formula is C17H21N3O2. The van der Waals surface area contributed by atoms with Gasteiger partial charge in [-0.25, -0.2) is 4.98 Å². The van der Waals surface area contributed by atoms with Gasteiger partial charge in [0.25, 0.3) is 0 Å². The van der Waals surface area contributed by atoms with Crippen LogP contribution >= 0.6 is 0 Å². The molecule has 1 aliphatic heterocycles. The Labute approximate surface area is 130 Å². The van der Waals surface area contributed by atoms with Gasteiger partial charge in [-0.1, -0.05) is 12.1 Å². The molecule has 1 N–H and O–H groups in total. The Kier molecular flexibility index (Phi) is 4.24. The van der Waals surface area contributed by atoms with E-state index in [1.165, 1.54) is 6.26 Å². The molecule has 22 heavy (non-hydrogen) atoms. The Hall–Kier alpha value is -2.14. The summed E-state index contributed by atoms with van der Waals surface area (Å²) in [5.74, 6) is 0.563. The lowest BCUT2D eigenvalue weighted by atomic mass is 10.1. The molecule has 1 amide bonds. The largest absolute Gasteiger partial charge is 0.444 e. The standard InChI is InChI=1S/C17H21N3O2/c1-12(2)20-10-5-8-15(20)16(21)19-14-7-4-3-6-13(14)17-18-9-11-22-17/h3-4,6-7,9,11-12,15H,5,8,10H2,1-2H3,(H,19,21). The van der Waals surface area contributed by atoms with Crippen LogP contribution in [0.3, 0.4) is 0 Å². The van der Waals surface area contributed by atoms with Crippen LogP contribution in [0.4, 0.5) is 5.69 Å². The zero-order valence-corrected chi connectivity index (χ0v) is 13.0. The van der Waals surface area contributed by atoms with Crippen molar-refractivity contribution in [3.63, 3.8) is 0 Å². The molecule has 1 fully saturated rings. The summed E-state index contributed by atoms with van der Waals surface area (Å²) in [5.41, 5.74) is 1.54. The lowest BCUT2D eigenvalue weighted by Gasteiger charge is -2.27. The molecule has 116 valence electrons. The lowest BCUT2D eigenvalue weighted by Crippen LogP contribution is -2.43. The van der Waals surface area contributed by atoms with E-state index in [1.807, 2.05) is 24.3 Å². The van der Waals surface area contributed by atoms with Crippen LogP contribution in [0.15, 0.2) is 41.1 Å². The van der Waals surface area contributed by atoms with E-state index >= 15 is 0 Å². The summed E-state index contributed by atoms with van der Waals surface area (Å²) >= 11 is 0. The molecule has 2 aromatic rings. The highest BCUT2D eigenvalue weighted by atomic mass is 16.3. The number of oxazole rings is 1. The minimum atomic E-state index is -0.0578. The van der Waals surface area contributed by atoms with Gasteiger partial charge in [-0.15, -0.1) is 0 Å². The molecule has 1 unspecified atom stereocenters. The van der Waals surface area contributed by atoms with Crippen molar-refractivity contribution in [2.75, 3.05) is 11.9 Å². The SMILES string of the molecule is CC(C)N1CCCC1C(=O)Nc1ccccc1-c1ncco1. The fourth-order valence-corrected chi connectivity index (χ4v) is 3.04. The van der Waals surface area contributed by atoms with Gasteiger partial charge in [0.15, 0.2) is 0 Å². The molecule has 1 atom stereocenters. The Morgan fingerprint density at radius 3 is 2.95 bits per heavy atom. The van der Waals surface area contributed by atoms with E-state index in [0.717, 1.165) is 30.6 Å². The fourth-order valence-electron chi connectivity index (χ4n) is 3.04.